The van der Waals surface area contributed by atoms with Crippen LogP contribution in [-0.4, -0.2) is 22.6 Å². The average Bonchev–Trinajstić information content (AvgIpc) is 2.99. The molecule has 0 bridgehead atoms. The maximum atomic E-state index is 4.57. The zero-order valence-corrected chi connectivity index (χ0v) is 14.6. The fourth-order valence-corrected chi connectivity index (χ4v) is 3.62. The Morgan fingerprint density at radius 1 is 1.04 bits per heavy atom. The van der Waals surface area contributed by atoms with Crippen molar-refractivity contribution in [2.45, 2.75) is 26.3 Å². The highest BCUT2D eigenvalue weighted by molar-refractivity contribution is 5.71. The summed E-state index contributed by atoms with van der Waals surface area (Å²) in [4.78, 5) is 13.6. The third-order valence-corrected chi connectivity index (χ3v) is 4.75. The average molecular weight is 330 g/mol. The van der Waals surface area contributed by atoms with E-state index in [0.29, 0.717) is 6.04 Å². The van der Waals surface area contributed by atoms with Crippen molar-refractivity contribution in [3.63, 3.8) is 0 Å². The lowest BCUT2D eigenvalue weighted by molar-refractivity contribution is 0.748. The highest BCUT2D eigenvalue weighted by Crippen LogP contribution is 2.38. The number of para-hydroxylation sites is 2. The zero-order valence-electron chi connectivity index (χ0n) is 14.6. The fourth-order valence-electron chi connectivity index (χ4n) is 3.62. The minimum absolute atomic E-state index is 0.395. The van der Waals surface area contributed by atoms with Gasteiger partial charge in [0.15, 0.2) is 0 Å². The van der Waals surface area contributed by atoms with Crippen LogP contribution >= 0.6 is 0 Å². The van der Waals surface area contributed by atoms with Crippen LogP contribution in [0, 0.1) is 0 Å². The van der Waals surface area contributed by atoms with E-state index in [9.17, 15) is 0 Å². The predicted molar refractivity (Wildman–Crippen MR) is 103 cm³/mol. The number of hydrogen-bond donors (Lipinski definition) is 0. The number of benzene rings is 2. The van der Waals surface area contributed by atoms with Crippen molar-refractivity contribution in [1.82, 2.24) is 9.97 Å². The molecule has 1 aliphatic rings. The van der Waals surface area contributed by atoms with E-state index in [2.05, 4.69) is 88.2 Å². The molecule has 0 fully saturated rings. The summed E-state index contributed by atoms with van der Waals surface area (Å²) >= 11 is 0. The Balaban J connectivity index is 1.73. The van der Waals surface area contributed by atoms with Crippen LogP contribution < -0.4 is 9.80 Å². The van der Waals surface area contributed by atoms with Gasteiger partial charge in [-0.3, -0.25) is 0 Å². The maximum absolute atomic E-state index is 4.57. The predicted octanol–water partition coefficient (Wildman–Crippen LogP) is 4.72. The van der Waals surface area contributed by atoms with E-state index in [1.807, 2.05) is 6.07 Å². The first-order valence-electron chi connectivity index (χ1n) is 8.79. The topological polar surface area (TPSA) is 32.3 Å². The summed E-state index contributed by atoms with van der Waals surface area (Å²) in [6.07, 6.45) is 2.72. The molecule has 2 heterocycles. The van der Waals surface area contributed by atoms with Crippen molar-refractivity contribution in [1.29, 1.82) is 0 Å². The summed E-state index contributed by atoms with van der Waals surface area (Å²) in [7, 11) is 0. The Morgan fingerprint density at radius 2 is 1.80 bits per heavy atom. The standard InChI is InChI=1S/C21H22N4/c1-3-24(18-10-5-4-6-11-18)20-14-21(23-15-22-20)25-16(2)13-17-9-7-8-12-19(17)25/h4-12,14-16H,3,13H2,1-2H3. The van der Waals surface area contributed by atoms with Gasteiger partial charge in [-0.15, -0.1) is 0 Å². The second kappa shape index (κ2) is 6.55. The van der Waals surface area contributed by atoms with Crippen molar-refractivity contribution in [2.24, 2.45) is 0 Å². The van der Waals surface area contributed by atoms with Gasteiger partial charge >= 0.3 is 0 Å². The van der Waals surface area contributed by atoms with E-state index in [1.165, 1.54) is 11.3 Å². The Kier molecular flexibility index (Phi) is 4.10. The third kappa shape index (κ3) is 2.84. The summed E-state index contributed by atoms with van der Waals surface area (Å²) in [5.74, 6) is 1.88. The molecule has 0 aliphatic carbocycles. The summed E-state index contributed by atoms with van der Waals surface area (Å²) in [5, 5.41) is 0. The molecule has 1 aliphatic heterocycles. The molecule has 126 valence electrons. The zero-order chi connectivity index (χ0) is 17.2. The van der Waals surface area contributed by atoms with Gasteiger partial charge in [0.25, 0.3) is 0 Å². The molecular weight excluding hydrogens is 308 g/mol. The Labute approximate surface area is 148 Å². The number of anilines is 4. The lowest BCUT2D eigenvalue weighted by atomic mass is 10.1. The fraction of sp³-hybridized carbons (Fsp3) is 0.238. The molecule has 4 rings (SSSR count). The number of aromatic nitrogens is 2. The van der Waals surface area contributed by atoms with Crippen molar-refractivity contribution >= 4 is 23.0 Å². The van der Waals surface area contributed by atoms with Crippen molar-refractivity contribution in [3.8, 4) is 0 Å². The summed E-state index contributed by atoms with van der Waals surface area (Å²) in [6.45, 7) is 5.24. The minimum atomic E-state index is 0.395. The summed E-state index contributed by atoms with van der Waals surface area (Å²) in [6, 6.07) is 21.4. The molecule has 3 aromatic rings. The van der Waals surface area contributed by atoms with Gasteiger partial charge in [-0.25, -0.2) is 9.97 Å². The minimum Gasteiger partial charge on any atom is -0.327 e. The van der Waals surface area contributed by atoms with E-state index >= 15 is 0 Å². The largest absolute Gasteiger partial charge is 0.327 e. The molecular formula is C21H22N4. The molecule has 2 aromatic carbocycles. The van der Waals surface area contributed by atoms with Crippen LogP contribution in [0.25, 0.3) is 0 Å². The quantitative estimate of drug-likeness (QED) is 0.693. The van der Waals surface area contributed by atoms with E-state index in [4.69, 9.17) is 0 Å². The maximum Gasteiger partial charge on any atom is 0.138 e. The van der Waals surface area contributed by atoms with Gasteiger partial charge in [-0.1, -0.05) is 36.4 Å². The lowest BCUT2D eigenvalue weighted by Crippen LogP contribution is -2.25. The first-order valence-corrected chi connectivity index (χ1v) is 8.79. The Morgan fingerprint density at radius 3 is 2.60 bits per heavy atom. The molecule has 1 aromatic heterocycles. The molecule has 25 heavy (non-hydrogen) atoms. The summed E-state index contributed by atoms with van der Waals surface area (Å²) < 4.78 is 0. The van der Waals surface area contributed by atoms with Crippen LogP contribution in [0.1, 0.15) is 19.4 Å². The smallest absolute Gasteiger partial charge is 0.138 e. The number of rotatable bonds is 4. The van der Waals surface area contributed by atoms with E-state index in [0.717, 1.165) is 30.3 Å². The van der Waals surface area contributed by atoms with Crippen LogP contribution in [0.2, 0.25) is 0 Å². The van der Waals surface area contributed by atoms with Crippen LogP contribution in [0.15, 0.2) is 67.0 Å². The van der Waals surface area contributed by atoms with Crippen molar-refractivity contribution < 1.29 is 0 Å². The first-order chi connectivity index (χ1) is 12.3. The molecule has 1 atom stereocenters. The molecule has 4 heteroatoms. The molecule has 0 saturated heterocycles. The van der Waals surface area contributed by atoms with Crippen LogP contribution in [-0.2, 0) is 6.42 Å². The highest BCUT2D eigenvalue weighted by Gasteiger charge is 2.28. The molecule has 1 unspecified atom stereocenters. The molecule has 0 N–H and O–H groups in total. The Hall–Kier alpha value is -2.88. The van der Waals surface area contributed by atoms with Crippen molar-refractivity contribution in [3.05, 3.63) is 72.6 Å². The second-order valence-corrected chi connectivity index (χ2v) is 6.37. The highest BCUT2D eigenvalue weighted by atomic mass is 15.3. The van der Waals surface area contributed by atoms with Gasteiger partial charge in [-0.2, -0.15) is 0 Å². The van der Waals surface area contributed by atoms with Gasteiger partial charge in [0, 0.05) is 30.0 Å². The van der Waals surface area contributed by atoms with E-state index in [-0.39, 0.29) is 0 Å². The summed E-state index contributed by atoms with van der Waals surface area (Å²) in [5.41, 5.74) is 3.78. The monoisotopic (exact) mass is 330 g/mol. The number of nitrogens with zero attached hydrogens (tertiary/aromatic N) is 4. The second-order valence-electron chi connectivity index (χ2n) is 6.37. The lowest BCUT2D eigenvalue weighted by Gasteiger charge is -2.26. The third-order valence-electron chi connectivity index (χ3n) is 4.75. The van der Waals surface area contributed by atoms with Gasteiger partial charge in [0.2, 0.25) is 0 Å². The number of fused-ring (bicyclic) bond motifs is 1. The molecule has 0 radical (unpaired) electrons. The SMILES string of the molecule is CCN(c1ccccc1)c1cc(N2c3ccccc3CC2C)ncn1. The van der Waals surface area contributed by atoms with E-state index < -0.39 is 0 Å². The van der Waals surface area contributed by atoms with Gasteiger partial charge in [0.1, 0.15) is 18.0 Å². The normalized spacial score (nSPS) is 15.9. The molecule has 4 nitrogen and oxygen atoms in total. The first kappa shape index (κ1) is 15.6. The van der Waals surface area contributed by atoms with Gasteiger partial charge < -0.3 is 9.80 Å². The van der Waals surface area contributed by atoms with Gasteiger partial charge in [-0.05, 0) is 44.0 Å². The molecule has 0 spiro atoms. The number of hydrogen-bond acceptors (Lipinski definition) is 4. The van der Waals surface area contributed by atoms with Crippen molar-refractivity contribution in [2.75, 3.05) is 16.3 Å². The molecule has 0 amide bonds. The Bertz CT molecular complexity index is 863. The molecule has 0 saturated carbocycles. The van der Waals surface area contributed by atoms with Crippen LogP contribution in [0.4, 0.5) is 23.0 Å². The van der Waals surface area contributed by atoms with Crippen LogP contribution in [0.3, 0.4) is 0 Å². The van der Waals surface area contributed by atoms with Crippen LogP contribution in [0.5, 0.6) is 0 Å². The van der Waals surface area contributed by atoms with E-state index in [1.54, 1.807) is 6.33 Å². The van der Waals surface area contributed by atoms with Gasteiger partial charge in [0.05, 0.1) is 0 Å².